The van der Waals surface area contributed by atoms with Gasteiger partial charge in [0.15, 0.2) is 0 Å². The number of alkyl carbamates (subject to hydrolysis) is 1. The molecule has 26 heavy (non-hydrogen) atoms. The van der Waals surface area contributed by atoms with Crippen LogP contribution in [-0.4, -0.2) is 23.9 Å². The van der Waals surface area contributed by atoms with Crippen molar-refractivity contribution < 1.29 is 19.1 Å². The van der Waals surface area contributed by atoms with Gasteiger partial charge < -0.3 is 21.1 Å². The molecule has 7 heteroatoms. The summed E-state index contributed by atoms with van der Waals surface area (Å²) in [5, 5.41) is 5.06. The minimum absolute atomic E-state index is 0.0510. The highest BCUT2D eigenvalue weighted by atomic mass is 16.5. The van der Waals surface area contributed by atoms with E-state index < -0.39 is 23.9 Å². The first-order valence-corrected chi connectivity index (χ1v) is 8.07. The number of nitrogens with one attached hydrogen (secondary N) is 2. The second-order valence-corrected chi connectivity index (χ2v) is 5.73. The van der Waals surface area contributed by atoms with E-state index in [9.17, 15) is 14.4 Å². The van der Waals surface area contributed by atoms with E-state index in [1.54, 1.807) is 24.3 Å². The summed E-state index contributed by atoms with van der Waals surface area (Å²) >= 11 is 0. The average Bonchev–Trinajstić information content (AvgIpc) is 2.62. The molecule has 0 heterocycles. The number of carbonyl (C=O) groups excluding carboxylic acids is 3. The number of aryl methyl sites for hydroxylation is 1. The highest BCUT2D eigenvalue weighted by molar-refractivity contribution is 5.99. The lowest BCUT2D eigenvalue weighted by atomic mass is 10.1. The average molecular weight is 355 g/mol. The quantitative estimate of drug-likeness (QED) is 0.706. The Labute approximate surface area is 151 Å². The number of ether oxygens (including phenoxy) is 1. The summed E-state index contributed by atoms with van der Waals surface area (Å²) < 4.78 is 5.08. The van der Waals surface area contributed by atoms with Crippen molar-refractivity contribution >= 4 is 23.6 Å². The summed E-state index contributed by atoms with van der Waals surface area (Å²) in [4.78, 5) is 35.6. The van der Waals surface area contributed by atoms with E-state index in [-0.39, 0.29) is 13.0 Å². The van der Waals surface area contributed by atoms with Crippen LogP contribution < -0.4 is 16.4 Å². The normalized spacial score (nSPS) is 11.3. The van der Waals surface area contributed by atoms with Crippen molar-refractivity contribution in [1.82, 2.24) is 5.32 Å². The zero-order valence-electron chi connectivity index (χ0n) is 14.4. The molecular formula is C19H21N3O4. The van der Waals surface area contributed by atoms with Crippen LogP contribution >= 0.6 is 0 Å². The lowest BCUT2D eigenvalue weighted by molar-refractivity contribution is -0.123. The molecule has 0 saturated heterocycles. The second kappa shape index (κ2) is 9.22. The van der Waals surface area contributed by atoms with E-state index in [4.69, 9.17) is 10.5 Å². The topological polar surface area (TPSA) is 111 Å². The maximum absolute atomic E-state index is 12.4. The lowest BCUT2D eigenvalue weighted by Crippen LogP contribution is -2.46. The minimum Gasteiger partial charge on any atom is -0.445 e. The highest BCUT2D eigenvalue weighted by Crippen LogP contribution is 2.14. The van der Waals surface area contributed by atoms with Crippen molar-refractivity contribution in [2.24, 2.45) is 5.73 Å². The molecule has 3 amide bonds. The van der Waals surface area contributed by atoms with Gasteiger partial charge in [0.2, 0.25) is 11.8 Å². The van der Waals surface area contributed by atoms with Crippen LogP contribution in [-0.2, 0) is 20.9 Å². The molecule has 7 nitrogen and oxygen atoms in total. The number of nitrogens with two attached hydrogens (primary N) is 1. The minimum atomic E-state index is -1.13. The Morgan fingerprint density at radius 3 is 2.35 bits per heavy atom. The first kappa shape index (κ1) is 19.0. The number of carbonyl (C=O) groups is 3. The van der Waals surface area contributed by atoms with Crippen LogP contribution in [0.5, 0.6) is 0 Å². The molecule has 0 radical (unpaired) electrons. The molecule has 2 aromatic carbocycles. The molecule has 0 bridgehead atoms. The van der Waals surface area contributed by atoms with Gasteiger partial charge in [-0.25, -0.2) is 4.79 Å². The summed E-state index contributed by atoms with van der Waals surface area (Å²) in [6.07, 6.45) is -1.14. The summed E-state index contributed by atoms with van der Waals surface area (Å²) in [5.74, 6) is -1.26. The fourth-order valence-electron chi connectivity index (χ4n) is 2.25. The zero-order chi connectivity index (χ0) is 18.9. The van der Waals surface area contributed by atoms with Crippen molar-refractivity contribution in [3.8, 4) is 0 Å². The third kappa shape index (κ3) is 5.94. The maximum Gasteiger partial charge on any atom is 0.408 e. The predicted molar refractivity (Wildman–Crippen MR) is 97.2 cm³/mol. The van der Waals surface area contributed by atoms with Crippen molar-refractivity contribution in [2.75, 3.05) is 5.32 Å². The fourth-order valence-corrected chi connectivity index (χ4v) is 2.25. The molecule has 1 atom stereocenters. The maximum atomic E-state index is 12.4. The number of hydrogen-bond acceptors (Lipinski definition) is 4. The lowest BCUT2D eigenvalue weighted by Gasteiger charge is -2.18. The molecule has 4 N–H and O–H groups in total. The van der Waals surface area contributed by atoms with Crippen molar-refractivity contribution in [2.45, 2.75) is 26.0 Å². The predicted octanol–water partition coefficient (Wildman–Crippen LogP) is 2.10. The van der Waals surface area contributed by atoms with E-state index in [1.807, 2.05) is 37.3 Å². The van der Waals surface area contributed by atoms with Crippen LogP contribution in [0.25, 0.3) is 0 Å². The second-order valence-electron chi connectivity index (χ2n) is 5.73. The summed E-state index contributed by atoms with van der Waals surface area (Å²) in [6, 6.07) is 15.1. The van der Waals surface area contributed by atoms with E-state index >= 15 is 0 Å². The van der Waals surface area contributed by atoms with Crippen molar-refractivity contribution in [1.29, 1.82) is 0 Å². The standard InChI is InChI=1S/C19H21N3O4/c1-13-7-5-6-10-15(13)21-18(24)16(11-17(20)23)22-19(25)26-12-14-8-3-2-4-9-14/h2-10,16H,11-12H2,1H3,(H2,20,23)(H,21,24)(H,22,25)/t16-/m1/s1. The van der Waals surface area contributed by atoms with Crippen LogP contribution in [0.3, 0.4) is 0 Å². The Kier molecular flexibility index (Phi) is 6.73. The van der Waals surface area contributed by atoms with Crippen molar-refractivity contribution in [3.05, 3.63) is 65.7 Å². The van der Waals surface area contributed by atoms with E-state index in [2.05, 4.69) is 10.6 Å². The Hall–Kier alpha value is -3.35. The van der Waals surface area contributed by atoms with E-state index in [1.165, 1.54) is 0 Å². The first-order valence-electron chi connectivity index (χ1n) is 8.07. The summed E-state index contributed by atoms with van der Waals surface area (Å²) in [5.41, 5.74) is 7.43. The molecule has 0 saturated carbocycles. The third-order valence-corrected chi connectivity index (χ3v) is 3.63. The zero-order valence-corrected chi connectivity index (χ0v) is 14.4. The van der Waals surface area contributed by atoms with Gasteiger partial charge in [-0.05, 0) is 24.1 Å². The Bertz CT molecular complexity index is 777. The molecule has 0 aromatic heterocycles. The van der Waals surface area contributed by atoms with Gasteiger partial charge in [0.1, 0.15) is 12.6 Å². The molecule has 0 unspecified atom stereocenters. The fraction of sp³-hybridized carbons (Fsp3) is 0.211. The van der Waals surface area contributed by atoms with Crippen LogP contribution in [0.15, 0.2) is 54.6 Å². The molecule has 0 aliphatic carbocycles. The van der Waals surface area contributed by atoms with Gasteiger partial charge in [-0.2, -0.15) is 0 Å². The van der Waals surface area contributed by atoms with Crippen LogP contribution in [0, 0.1) is 6.92 Å². The van der Waals surface area contributed by atoms with Crippen LogP contribution in [0.2, 0.25) is 0 Å². The molecule has 2 aromatic rings. The van der Waals surface area contributed by atoms with Gasteiger partial charge >= 0.3 is 6.09 Å². The Morgan fingerprint density at radius 1 is 1.04 bits per heavy atom. The molecule has 2 rings (SSSR count). The number of para-hydroxylation sites is 1. The first-order chi connectivity index (χ1) is 12.5. The number of amides is 3. The number of rotatable bonds is 7. The smallest absolute Gasteiger partial charge is 0.408 e. The molecule has 0 aliphatic heterocycles. The third-order valence-electron chi connectivity index (χ3n) is 3.63. The summed E-state index contributed by atoms with van der Waals surface area (Å²) in [7, 11) is 0. The summed E-state index contributed by atoms with van der Waals surface area (Å²) in [6.45, 7) is 1.88. The number of anilines is 1. The molecule has 136 valence electrons. The Balaban J connectivity index is 1.97. The number of primary amides is 1. The molecule has 0 spiro atoms. The SMILES string of the molecule is Cc1ccccc1NC(=O)[C@@H](CC(N)=O)NC(=O)OCc1ccccc1. The molecule has 0 aliphatic rings. The number of hydrogen-bond donors (Lipinski definition) is 3. The van der Waals surface area contributed by atoms with Gasteiger partial charge in [-0.3, -0.25) is 9.59 Å². The van der Waals surface area contributed by atoms with E-state index in [0.29, 0.717) is 5.69 Å². The van der Waals surface area contributed by atoms with Crippen LogP contribution in [0.1, 0.15) is 17.5 Å². The van der Waals surface area contributed by atoms with Gasteiger partial charge in [0, 0.05) is 5.69 Å². The highest BCUT2D eigenvalue weighted by Gasteiger charge is 2.24. The van der Waals surface area contributed by atoms with Gasteiger partial charge in [0.25, 0.3) is 0 Å². The molecular weight excluding hydrogens is 334 g/mol. The van der Waals surface area contributed by atoms with E-state index in [0.717, 1.165) is 11.1 Å². The number of benzene rings is 2. The van der Waals surface area contributed by atoms with Gasteiger partial charge in [-0.15, -0.1) is 0 Å². The van der Waals surface area contributed by atoms with Crippen LogP contribution in [0.4, 0.5) is 10.5 Å². The van der Waals surface area contributed by atoms with Gasteiger partial charge in [0.05, 0.1) is 6.42 Å². The molecule has 0 fully saturated rings. The monoisotopic (exact) mass is 355 g/mol. The Morgan fingerprint density at radius 2 is 1.69 bits per heavy atom. The van der Waals surface area contributed by atoms with Gasteiger partial charge in [-0.1, -0.05) is 48.5 Å². The van der Waals surface area contributed by atoms with Crippen molar-refractivity contribution in [3.63, 3.8) is 0 Å². The largest absolute Gasteiger partial charge is 0.445 e.